The molecule has 0 saturated heterocycles. The lowest BCUT2D eigenvalue weighted by molar-refractivity contribution is 0.657. The third kappa shape index (κ3) is 5.22. The summed E-state index contributed by atoms with van der Waals surface area (Å²) in [6.45, 7) is 16.0. The molecule has 4 heterocycles. The van der Waals surface area contributed by atoms with E-state index in [-0.39, 0.29) is 5.13 Å². The molecule has 0 amide bonds. The monoisotopic (exact) mass is 499 g/mol. The van der Waals surface area contributed by atoms with Crippen molar-refractivity contribution in [1.29, 1.82) is 0 Å². The van der Waals surface area contributed by atoms with Gasteiger partial charge in [-0.25, -0.2) is 0 Å². The van der Waals surface area contributed by atoms with Crippen LogP contribution in [0.1, 0.15) is 20.8 Å². The predicted molar refractivity (Wildman–Crippen MR) is 151 cm³/mol. The summed E-state index contributed by atoms with van der Waals surface area (Å²) in [5.41, 5.74) is 6.34. The number of allylic oxidation sites excluding steroid dienone is 4. The molecule has 4 rings (SSSR count). The molecule has 0 radical (unpaired) electrons. The van der Waals surface area contributed by atoms with Crippen molar-refractivity contribution >= 4 is 34.4 Å². The Kier molecular flexibility index (Phi) is 7.93. The second-order valence-electron chi connectivity index (χ2n) is 8.24. The van der Waals surface area contributed by atoms with Crippen molar-refractivity contribution in [2.45, 2.75) is 20.8 Å². The molecule has 5 nitrogen and oxygen atoms in total. The van der Waals surface area contributed by atoms with Crippen LogP contribution in [0, 0.1) is 5.13 Å². The highest BCUT2D eigenvalue weighted by Crippen LogP contribution is 2.34. The number of nitrogens with one attached hydrogen (secondary N) is 3. The van der Waals surface area contributed by atoms with E-state index in [0.717, 1.165) is 84.4 Å². The van der Waals surface area contributed by atoms with Crippen molar-refractivity contribution in [3.8, 4) is 21.8 Å². The lowest BCUT2D eigenvalue weighted by atomic mass is 10.0. The molecule has 4 aromatic heterocycles. The fourth-order valence-corrected chi connectivity index (χ4v) is 4.79. The minimum atomic E-state index is -0.220. The van der Waals surface area contributed by atoms with Crippen LogP contribution in [-0.4, -0.2) is 33.3 Å². The van der Waals surface area contributed by atoms with E-state index in [1.807, 2.05) is 44.2 Å². The number of hydrogen-bond donors (Lipinski definition) is 3. The number of rotatable bonds is 9. The van der Waals surface area contributed by atoms with E-state index in [2.05, 4.69) is 51.6 Å². The number of halogens is 1. The lowest BCUT2D eigenvalue weighted by Crippen LogP contribution is -2.23. The average Bonchev–Trinajstić information content (AvgIpc) is 3.61. The van der Waals surface area contributed by atoms with Crippen LogP contribution >= 0.6 is 11.3 Å². The molecule has 0 bridgehead atoms. The molecule has 36 heavy (non-hydrogen) atoms. The summed E-state index contributed by atoms with van der Waals surface area (Å²) in [7, 11) is 0. The number of nitrogens with zero attached hydrogens (tertiary/aromatic N) is 2. The van der Waals surface area contributed by atoms with Crippen LogP contribution in [0.25, 0.3) is 44.9 Å². The van der Waals surface area contributed by atoms with Crippen molar-refractivity contribution in [1.82, 2.24) is 25.5 Å². The van der Waals surface area contributed by atoms with Gasteiger partial charge < -0.3 is 10.3 Å². The predicted octanol–water partition coefficient (Wildman–Crippen LogP) is 5.63. The van der Waals surface area contributed by atoms with E-state index < -0.39 is 0 Å². The van der Waals surface area contributed by atoms with Gasteiger partial charge in [-0.05, 0) is 61.4 Å². The maximum absolute atomic E-state index is 13.7. The van der Waals surface area contributed by atoms with Crippen LogP contribution in [0.3, 0.4) is 0 Å². The fourth-order valence-electron chi connectivity index (χ4n) is 4.04. The van der Waals surface area contributed by atoms with Gasteiger partial charge in [-0.3, -0.25) is 10.1 Å². The number of fused-ring (bicyclic) bond motifs is 1. The molecule has 4 aromatic rings. The molecule has 184 valence electrons. The van der Waals surface area contributed by atoms with Crippen molar-refractivity contribution < 1.29 is 4.39 Å². The summed E-state index contributed by atoms with van der Waals surface area (Å²) in [5.74, 6) is 0. The zero-order chi connectivity index (χ0) is 25.7. The van der Waals surface area contributed by atoms with E-state index in [1.54, 1.807) is 18.5 Å². The topological polar surface area (TPSA) is 69.4 Å². The van der Waals surface area contributed by atoms with Gasteiger partial charge in [0.25, 0.3) is 0 Å². The maximum atomic E-state index is 13.7. The van der Waals surface area contributed by atoms with E-state index in [1.165, 1.54) is 6.07 Å². The molecular weight excluding hydrogens is 469 g/mol. The first-order chi connectivity index (χ1) is 17.5. The summed E-state index contributed by atoms with van der Waals surface area (Å²) in [6, 6.07) is 5.30. The molecule has 7 heteroatoms. The normalized spacial score (nSPS) is 13.7. The summed E-state index contributed by atoms with van der Waals surface area (Å²) in [4.78, 5) is 8.63. The van der Waals surface area contributed by atoms with Crippen LogP contribution < -0.4 is 15.9 Å². The summed E-state index contributed by atoms with van der Waals surface area (Å²) in [5, 5.41) is 13.7. The van der Waals surface area contributed by atoms with Gasteiger partial charge in [0.2, 0.25) is 0 Å². The Morgan fingerprint density at radius 2 is 2.08 bits per heavy atom. The average molecular weight is 500 g/mol. The number of aromatic amines is 2. The second kappa shape index (κ2) is 11.3. The number of thiophene rings is 1. The molecule has 0 aliphatic rings. The van der Waals surface area contributed by atoms with Crippen molar-refractivity contribution in [2.24, 2.45) is 0 Å². The molecule has 0 atom stereocenters. The zero-order valence-electron chi connectivity index (χ0n) is 20.8. The van der Waals surface area contributed by atoms with Crippen LogP contribution in [-0.2, 0) is 0 Å². The first-order valence-electron chi connectivity index (χ1n) is 11.8. The molecule has 0 saturated carbocycles. The number of likely N-dealkylation sites (N-methyl/N-ethyl adjacent to an activating group) is 1. The number of pyridine rings is 1. The van der Waals surface area contributed by atoms with Crippen molar-refractivity contribution in [3.05, 3.63) is 94.4 Å². The highest BCUT2D eigenvalue weighted by molar-refractivity contribution is 7.14. The largest absolute Gasteiger partial charge is 0.352 e. The summed E-state index contributed by atoms with van der Waals surface area (Å²) < 4.78 is 13.7. The molecule has 0 aromatic carbocycles. The Morgan fingerprint density at radius 1 is 1.25 bits per heavy atom. The van der Waals surface area contributed by atoms with Gasteiger partial charge in [0.05, 0.1) is 22.8 Å². The third-order valence-corrected chi connectivity index (χ3v) is 6.85. The third-order valence-electron chi connectivity index (χ3n) is 5.94. The molecule has 0 aliphatic heterocycles. The lowest BCUT2D eigenvalue weighted by Gasteiger charge is -2.06. The minimum absolute atomic E-state index is 0.220. The summed E-state index contributed by atoms with van der Waals surface area (Å²) >= 11 is 1.11. The van der Waals surface area contributed by atoms with Gasteiger partial charge in [0.1, 0.15) is 5.69 Å². The van der Waals surface area contributed by atoms with E-state index in [4.69, 9.17) is 0 Å². The summed E-state index contributed by atoms with van der Waals surface area (Å²) in [6.07, 6.45) is 13.6. The number of H-pyrrole nitrogens is 2. The van der Waals surface area contributed by atoms with Crippen LogP contribution in [0.2, 0.25) is 0 Å². The Hall–Kier alpha value is -3.81. The van der Waals surface area contributed by atoms with Crippen LogP contribution in [0.15, 0.2) is 78.7 Å². The maximum Gasteiger partial charge on any atom is 0.176 e. The second-order valence-corrected chi connectivity index (χ2v) is 9.27. The number of aromatic nitrogens is 4. The Balaban J connectivity index is 1.80. The number of hydrogen-bond acceptors (Lipinski definition) is 4. The smallest absolute Gasteiger partial charge is 0.176 e. The first-order valence-corrected chi connectivity index (χ1v) is 12.6. The molecule has 0 aliphatic carbocycles. The fraction of sp³-hybridized carbons (Fsp3) is 0.172. The standard InChI is InChI=1S/C29H30FN5S/c1-6-19(15-31-9-4)13-20(7-2)18(5)12-22-24(8-3)34-35-29(22)25-14-21-23(16-32-17-26(21)33-25)27-10-11-28(30)36-27/h6-8,10-14,16-17,31,33-34H,1,5,9,15H2,2-4H3/b19-13+,20-7+,22-12+,24-8+. The minimum Gasteiger partial charge on any atom is -0.352 e. The van der Waals surface area contributed by atoms with Gasteiger partial charge in [-0.1, -0.05) is 44.4 Å². The Morgan fingerprint density at radius 3 is 2.75 bits per heavy atom. The van der Waals surface area contributed by atoms with Gasteiger partial charge >= 0.3 is 0 Å². The quantitative estimate of drug-likeness (QED) is 0.262. The van der Waals surface area contributed by atoms with E-state index >= 15 is 0 Å². The van der Waals surface area contributed by atoms with Gasteiger partial charge in [-0.15, -0.1) is 11.3 Å². The van der Waals surface area contributed by atoms with Crippen LogP contribution in [0.5, 0.6) is 0 Å². The molecule has 0 fully saturated rings. The van der Waals surface area contributed by atoms with Gasteiger partial charge in [0, 0.05) is 33.8 Å². The Bertz CT molecular complexity index is 1600. The van der Waals surface area contributed by atoms with Gasteiger partial charge in [-0.2, -0.15) is 9.49 Å². The van der Waals surface area contributed by atoms with Crippen molar-refractivity contribution in [3.63, 3.8) is 0 Å². The zero-order valence-corrected chi connectivity index (χ0v) is 21.6. The highest BCUT2D eigenvalue weighted by Gasteiger charge is 2.14. The van der Waals surface area contributed by atoms with Crippen LogP contribution in [0.4, 0.5) is 4.39 Å². The van der Waals surface area contributed by atoms with E-state index in [9.17, 15) is 4.39 Å². The Labute approximate surface area is 214 Å². The SMILES string of the molecule is C=C/C(=C\C(=C/C)C(=C)/C=c1/c(-c2cc3c(-c4ccc(F)s4)cncc3[nH]2)n[nH]/c1=C/C)CNCC. The van der Waals surface area contributed by atoms with Gasteiger partial charge in [0.15, 0.2) is 5.13 Å². The van der Waals surface area contributed by atoms with E-state index in [0.29, 0.717) is 0 Å². The van der Waals surface area contributed by atoms with Crippen molar-refractivity contribution in [2.75, 3.05) is 13.1 Å². The molecule has 3 N–H and O–H groups in total. The first kappa shape index (κ1) is 25.3. The highest BCUT2D eigenvalue weighted by atomic mass is 32.1. The molecule has 0 unspecified atom stereocenters. The molecule has 0 spiro atoms. The molecular formula is C29H30FN5S.